The number of benzene rings is 2. The van der Waals surface area contributed by atoms with Crippen molar-refractivity contribution in [3.05, 3.63) is 71.8 Å². The number of carbonyl (C=O) groups excluding carboxylic acids is 1. The van der Waals surface area contributed by atoms with Gasteiger partial charge in [-0.05, 0) is 18.1 Å². The monoisotopic (exact) mass is 315 g/mol. The van der Waals surface area contributed by atoms with Gasteiger partial charge in [0.15, 0.2) is 0 Å². The van der Waals surface area contributed by atoms with E-state index in [1.54, 1.807) is 0 Å². The molecule has 0 aromatic heterocycles. The molecule has 0 aliphatic heterocycles. The largest absolute Gasteiger partial charge is 0.388 e. The molecule has 0 saturated carbocycles. The van der Waals surface area contributed by atoms with E-state index < -0.39 is 6.10 Å². The van der Waals surface area contributed by atoms with Crippen LogP contribution in [0.15, 0.2) is 60.7 Å². The fourth-order valence-corrected chi connectivity index (χ4v) is 2.95. The fourth-order valence-electron chi connectivity index (χ4n) is 2.14. The van der Waals surface area contributed by atoms with Crippen LogP contribution in [0, 0.1) is 0 Å². The topological polar surface area (TPSA) is 49.3 Å². The third-order valence-corrected chi connectivity index (χ3v) is 4.39. The van der Waals surface area contributed by atoms with Crippen molar-refractivity contribution < 1.29 is 9.90 Å². The van der Waals surface area contributed by atoms with Crippen LogP contribution in [0.4, 0.5) is 0 Å². The van der Waals surface area contributed by atoms with Crippen LogP contribution < -0.4 is 5.32 Å². The van der Waals surface area contributed by atoms with E-state index in [9.17, 15) is 9.90 Å². The Bertz CT molecular complexity index is 574. The standard InChI is InChI=1S/C18H21NO2S/c1-14(15-8-4-2-5-9-15)19-18(21)13-22-12-17(20)16-10-6-3-7-11-16/h2-11,14,17,20H,12-13H2,1H3,(H,19,21)/t14-,17-/m0/s1. The van der Waals surface area contributed by atoms with E-state index in [0.29, 0.717) is 11.5 Å². The molecule has 0 aliphatic carbocycles. The van der Waals surface area contributed by atoms with Crippen molar-refractivity contribution in [2.24, 2.45) is 0 Å². The number of aliphatic hydroxyl groups is 1. The van der Waals surface area contributed by atoms with Crippen LogP contribution in [0.25, 0.3) is 0 Å². The molecule has 2 aromatic rings. The van der Waals surface area contributed by atoms with Gasteiger partial charge in [0.1, 0.15) is 0 Å². The van der Waals surface area contributed by atoms with Crippen molar-refractivity contribution in [3.8, 4) is 0 Å². The van der Waals surface area contributed by atoms with E-state index in [2.05, 4.69) is 5.32 Å². The van der Waals surface area contributed by atoms with E-state index in [4.69, 9.17) is 0 Å². The highest BCUT2D eigenvalue weighted by molar-refractivity contribution is 7.99. The smallest absolute Gasteiger partial charge is 0.230 e. The molecule has 1 amide bonds. The summed E-state index contributed by atoms with van der Waals surface area (Å²) in [7, 11) is 0. The molecule has 0 spiro atoms. The molecule has 0 heterocycles. The highest BCUT2D eigenvalue weighted by Crippen LogP contribution is 2.18. The molecular formula is C18H21NO2S. The maximum Gasteiger partial charge on any atom is 0.230 e. The first kappa shape index (κ1) is 16.6. The Balaban J connectivity index is 1.72. The molecular weight excluding hydrogens is 294 g/mol. The van der Waals surface area contributed by atoms with E-state index in [0.717, 1.165) is 11.1 Å². The number of hydrogen-bond acceptors (Lipinski definition) is 3. The zero-order valence-electron chi connectivity index (χ0n) is 12.6. The number of hydrogen-bond donors (Lipinski definition) is 2. The molecule has 2 aromatic carbocycles. The first-order valence-electron chi connectivity index (χ1n) is 7.32. The molecule has 0 aliphatic rings. The maximum absolute atomic E-state index is 11.9. The molecule has 2 atom stereocenters. The van der Waals surface area contributed by atoms with E-state index in [1.807, 2.05) is 67.6 Å². The summed E-state index contributed by atoms with van der Waals surface area (Å²) < 4.78 is 0. The molecule has 0 saturated heterocycles. The molecule has 0 bridgehead atoms. The Morgan fingerprint density at radius 2 is 1.59 bits per heavy atom. The SMILES string of the molecule is C[C@H](NC(=O)CSC[C@H](O)c1ccccc1)c1ccccc1. The summed E-state index contributed by atoms with van der Waals surface area (Å²) in [6.45, 7) is 1.97. The van der Waals surface area contributed by atoms with Gasteiger partial charge in [-0.15, -0.1) is 11.8 Å². The summed E-state index contributed by atoms with van der Waals surface area (Å²) >= 11 is 1.44. The second-order valence-electron chi connectivity index (χ2n) is 5.14. The average molecular weight is 315 g/mol. The first-order chi connectivity index (χ1) is 10.7. The first-order valence-corrected chi connectivity index (χ1v) is 8.47. The molecule has 116 valence electrons. The predicted octanol–water partition coefficient (Wildman–Crippen LogP) is 3.33. The van der Waals surface area contributed by atoms with Crippen LogP contribution in [0.2, 0.25) is 0 Å². The highest BCUT2D eigenvalue weighted by atomic mass is 32.2. The van der Waals surface area contributed by atoms with Crippen LogP contribution in [-0.2, 0) is 4.79 Å². The Morgan fingerprint density at radius 1 is 1.05 bits per heavy atom. The van der Waals surface area contributed by atoms with Crippen LogP contribution in [0.1, 0.15) is 30.2 Å². The quantitative estimate of drug-likeness (QED) is 0.824. The Labute approximate surface area is 135 Å². The summed E-state index contributed by atoms with van der Waals surface area (Å²) in [6, 6.07) is 19.4. The Kier molecular flexibility index (Phi) is 6.49. The molecule has 22 heavy (non-hydrogen) atoms. The minimum Gasteiger partial charge on any atom is -0.388 e. The van der Waals surface area contributed by atoms with Crippen molar-refractivity contribution in [1.82, 2.24) is 5.32 Å². The lowest BCUT2D eigenvalue weighted by molar-refractivity contribution is -0.119. The lowest BCUT2D eigenvalue weighted by atomic mass is 10.1. The summed E-state index contributed by atoms with van der Waals surface area (Å²) in [5.74, 6) is 0.847. The van der Waals surface area contributed by atoms with Gasteiger partial charge in [-0.2, -0.15) is 0 Å². The lowest BCUT2D eigenvalue weighted by Crippen LogP contribution is -2.28. The second kappa shape index (κ2) is 8.61. The van der Waals surface area contributed by atoms with Gasteiger partial charge >= 0.3 is 0 Å². The minimum atomic E-state index is -0.537. The van der Waals surface area contributed by atoms with Gasteiger partial charge in [0.2, 0.25) is 5.91 Å². The van der Waals surface area contributed by atoms with Gasteiger partial charge in [0, 0.05) is 5.75 Å². The Morgan fingerprint density at radius 3 is 2.18 bits per heavy atom. The molecule has 2 N–H and O–H groups in total. The van der Waals surface area contributed by atoms with Crippen LogP contribution in [0.5, 0.6) is 0 Å². The summed E-state index contributed by atoms with van der Waals surface area (Å²) in [5, 5.41) is 13.0. The number of nitrogens with one attached hydrogen (secondary N) is 1. The zero-order chi connectivity index (χ0) is 15.8. The number of carbonyl (C=O) groups is 1. The number of rotatable bonds is 7. The van der Waals surface area contributed by atoms with E-state index in [-0.39, 0.29) is 11.9 Å². The highest BCUT2D eigenvalue weighted by Gasteiger charge is 2.11. The van der Waals surface area contributed by atoms with Crippen molar-refractivity contribution in [1.29, 1.82) is 0 Å². The second-order valence-corrected chi connectivity index (χ2v) is 6.17. The molecule has 0 radical (unpaired) electrons. The maximum atomic E-state index is 11.9. The van der Waals surface area contributed by atoms with Gasteiger partial charge in [-0.3, -0.25) is 4.79 Å². The molecule has 3 nitrogen and oxygen atoms in total. The zero-order valence-corrected chi connectivity index (χ0v) is 13.4. The van der Waals surface area contributed by atoms with E-state index in [1.165, 1.54) is 11.8 Å². The molecule has 2 rings (SSSR count). The Hall–Kier alpha value is -1.78. The average Bonchev–Trinajstić information content (AvgIpc) is 2.56. The number of thioether (sulfide) groups is 1. The summed E-state index contributed by atoms with van der Waals surface area (Å²) in [6.07, 6.45) is -0.537. The van der Waals surface area contributed by atoms with Crippen LogP contribution in [-0.4, -0.2) is 22.5 Å². The van der Waals surface area contributed by atoms with Crippen molar-refractivity contribution in [3.63, 3.8) is 0 Å². The molecule has 0 unspecified atom stereocenters. The van der Waals surface area contributed by atoms with Crippen LogP contribution in [0.3, 0.4) is 0 Å². The van der Waals surface area contributed by atoms with Gasteiger partial charge in [-0.1, -0.05) is 60.7 Å². The lowest BCUT2D eigenvalue weighted by Gasteiger charge is -2.15. The molecule has 4 heteroatoms. The third-order valence-electron chi connectivity index (χ3n) is 3.37. The van der Waals surface area contributed by atoms with Crippen molar-refractivity contribution in [2.75, 3.05) is 11.5 Å². The number of amides is 1. The van der Waals surface area contributed by atoms with Crippen molar-refractivity contribution in [2.45, 2.75) is 19.1 Å². The van der Waals surface area contributed by atoms with Gasteiger partial charge in [0.05, 0.1) is 17.9 Å². The van der Waals surface area contributed by atoms with Gasteiger partial charge in [-0.25, -0.2) is 0 Å². The third kappa shape index (κ3) is 5.20. The minimum absolute atomic E-state index is 0.00616. The fraction of sp³-hybridized carbons (Fsp3) is 0.278. The van der Waals surface area contributed by atoms with Crippen molar-refractivity contribution >= 4 is 17.7 Å². The van der Waals surface area contributed by atoms with Gasteiger partial charge in [0.25, 0.3) is 0 Å². The van der Waals surface area contributed by atoms with Gasteiger partial charge < -0.3 is 10.4 Å². The summed E-state index contributed by atoms with van der Waals surface area (Å²) in [4.78, 5) is 11.9. The van der Waals surface area contributed by atoms with E-state index >= 15 is 0 Å². The predicted molar refractivity (Wildman–Crippen MR) is 91.7 cm³/mol. The molecule has 0 fully saturated rings. The normalized spacial score (nSPS) is 13.4. The number of aliphatic hydroxyl groups excluding tert-OH is 1. The summed E-state index contributed by atoms with van der Waals surface area (Å²) in [5.41, 5.74) is 1.97. The van der Waals surface area contributed by atoms with Crippen LogP contribution >= 0.6 is 11.8 Å².